The Hall–Kier alpha value is -1.30. The number of rotatable bonds is 3. The highest BCUT2D eigenvalue weighted by Crippen LogP contribution is 2.12. The Morgan fingerprint density at radius 1 is 1.44 bits per heavy atom. The Balaban J connectivity index is 2.39. The molecule has 6 nitrogen and oxygen atoms in total. The summed E-state index contributed by atoms with van der Waals surface area (Å²) < 4.78 is 5.25. The fourth-order valence-corrected chi connectivity index (χ4v) is 1.88. The van der Waals surface area contributed by atoms with Crippen LogP contribution in [-0.2, 0) is 9.53 Å². The maximum absolute atomic E-state index is 11.7. The monoisotopic (exact) mass is 258 g/mol. The van der Waals surface area contributed by atoms with Crippen molar-refractivity contribution in [1.29, 1.82) is 0 Å². The van der Waals surface area contributed by atoms with Gasteiger partial charge in [-0.3, -0.25) is 10.1 Å². The average molecular weight is 258 g/mol. The van der Waals surface area contributed by atoms with Gasteiger partial charge in [0.2, 0.25) is 0 Å². The van der Waals surface area contributed by atoms with E-state index in [0.717, 1.165) is 6.42 Å². The molecule has 0 radical (unpaired) electrons. The molecule has 0 aliphatic carbocycles. The van der Waals surface area contributed by atoms with Crippen LogP contribution in [-0.4, -0.2) is 52.8 Å². The minimum absolute atomic E-state index is 0.0172. The third-order valence-corrected chi connectivity index (χ3v) is 2.70. The summed E-state index contributed by atoms with van der Waals surface area (Å²) >= 11 is 0. The third-order valence-electron chi connectivity index (χ3n) is 2.70. The van der Waals surface area contributed by atoms with E-state index >= 15 is 0 Å². The average Bonchev–Trinajstić information content (AvgIpc) is 2.63. The van der Waals surface area contributed by atoms with Gasteiger partial charge in [-0.25, -0.2) is 4.79 Å². The summed E-state index contributed by atoms with van der Waals surface area (Å²) in [5.41, 5.74) is -0.504. The van der Waals surface area contributed by atoms with Crippen LogP contribution in [0.2, 0.25) is 0 Å². The molecule has 0 saturated carbocycles. The number of esters is 1. The van der Waals surface area contributed by atoms with Gasteiger partial charge in [-0.15, -0.1) is 0 Å². The van der Waals surface area contributed by atoms with Crippen molar-refractivity contribution < 1.29 is 19.4 Å². The molecule has 18 heavy (non-hydrogen) atoms. The predicted molar refractivity (Wildman–Crippen MR) is 66.4 cm³/mol. The summed E-state index contributed by atoms with van der Waals surface area (Å²) in [5.74, 6) is -0.309. The van der Waals surface area contributed by atoms with E-state index in [9.17, 15) is 9.59 Å². The minimum atomic E-state index is -0.913. The summed E-state index contributed by atoms with van der Waals surface area (Å²) in [6.45, 7) is 8.12. The topological polar surface area (TPSA) is 78.9 Å². The Labute approximate surface area is 107 Å². The van der Waals surface area contributed by atoms with Gasteiger partial charge in [0, 0.05) is 19.1 Å². The van der Waals surface area contributed by atoms with E-state index in [1.54, 1.807) is 6.92 Å². The maximum atomic E-state index is 11.7. The van der Waals surface area contributed by atoms with Crippen LogP contribution in [0.25, 0.3) is 0 Å². The van der Waals surface area contributed by atoms with Gasteiger partial charge in [0.25, 0.3) is 0 Å². The van der Waals surface area contributed by atoms with Crippen molar-refractivity contribution in [1.82, 2.24) is 10.2 Å². The highest BCUT2D eigenvalue weighted by atomic mass is 16.6. The van der Waals surface area contributed by atoms with Crippen LogP contribution in [0.5, 0.6) is 0 Å². The van der Waals surface area contributed by atoms with Crippen molar-refractivity contribution in [3.63, 3.8) is 0 Å². The first kappa shape index (κ1) is 14.8. The lowest BCUT2D eigenvalue weighted by Gasteiger charge is -2.24. The standard InChI is InChI=1S/C12H22N2O4/c1-8(10(15)18-12(2,3)4)13-9-5-6-14(7-9)11(16)17/h8-9,13H,5-7H2,1-4H3,(H,16,17). The third kappa shape index (κ3) is 4.52. The Morgan fingerprint density at radius 3 is 2.50 bits per heavy atom. The van der Waals surface area contributed by atoms with Crippen molar-refractivity contribution in [3.05, 3.63) is 0 Å². The highest BCUT2D eigenvalue weighted by molar-refractivity contribution is 5.75. The lowest BCUT2D eigenvalue weighted by atomic mass is 10.2. The van der Waals surface area contributed by atoms with Gasteiger partial charge in [0.15, 0.2) is 0 Å². The van der Waals surface area contributed by atoms with E-state index in [1.165, 1.54) is 4.90 Å². The molecule has 2 atom stereocenters. The largest absolute Gasteiger partial charge is 0.465 e. The molecule has 2 unspecified atom stereocenters. The predicted octanol–water partition coefficient (Wildman–Crippen LogP) is 1.06. The number of likely N-dealkylation sites (tertiary alicyclic amines) is 1. The number of nitrogens with zero attached hydrogens (tertiary/aromatic N) is 1. The molecule has 1 rings (SSSR count). The molecule has 0 spiro atoms. The van der Waals surface area contributed by atoms with E-state index in [-0.39, 0.29) is 12.0 Å². The second-order valence-electron chi connectivity index (χ2n) is 5.64. The van der Waals surface area contributed by atoms with Gasteiger partial charge in [-0.2, -0.15) is 0 Å². The van der Waals surface area contributed by atoms with E-state index in [1.807, 2.05) is 20.8 Å². The number of hydrogen-bond donors (Lipinski definition) is 2. The number of hydrogen-bond acceptors (Lipinski definition) is 4. The van der Waals surface area contributed by atoms with Crippen LogP contribution >= 0.6 is 0 Å². The lowest BCUT2D eigenvalue weighted by molar-refractivity contribution is -0.157. The molecule has 0 aromatic heterocycles. The van der Waals surface area contributed by atoms with Crippen molar-refractivity contribution in [3.8, 4) is 0 Å². The molecule has 1 saturated heterocycles. The zero-order chi connectivity index (χ0) is 13.9. The van der Waals surface area contributed by atoms with E-state index < -0.39 is 17.7 Å². The molecular formula is C12H22N2O4. The van der Waals surface area contributed by atoms with Crippen LogP contribution < -0.4 is 5.32 Å². The van der Waals surface area contributed by atoms with Gasteiger partial charge < -0.3 is 14.7 Å². The van der Waals surface area contributed by atoms with Gasteiger partial charge >= 0.3 is 12.1 Å². The molecule has 6 heteroatoms. The lowest BCUT2D eigenvalue weighted by Crippen LogP contribution is -2.45. The first-order chi connectivity index (χ1) is 8.19. The van der Waals surface area contributed by atoms with Crippen LogP contribution in [0.4, 0.5) is 4.79 Å². The summed E-state index contributed by atoms with van der Waals surface area (Å²) in [6, 6.07) is -0.411. The summed E-state index contributed by atoms with van der Waals surface area (Å²) in [6.07, 6.45) is -0.191. The summed E-state index contributed by atoms with van der Waals surface area (Å²) in [4.78, 5) is 23.9. The zero-order valence-electron chi connectivity index (χ0n) is 11.4. The van der Waals surface area contributed by atoms with Crippen molar-refractivity contribution in [2.24, 2.45) is 0 Å². The first-order valence-corrected chi connectivity index (χ1v) is 6.16. The quantitative estimate of drug-likeness (QED) is 0.740. The molecule has 104 valence electrons. The molecule has 1 aliphatic heterocycles. The van der Waals surface area contributed by atoms with Gasteiger partial charge in [-0.1, -0.05) is 0 Å². The molecule has 0 aromatic carbocycles. The van der Waals surface area contributed by atoms with Crippen LogP contribution in [0.1, 0.15) is 34.1 Å². The molecule has 0 bridgehead atoms. The molecule has 1 amide bonds. The Morgan fingerprint density at radius 2 is 2.06 bits per heavy atom. The smallest absolute Gasteiger partial charge is 0.407 e. The van der Waals surface area contributed by atoms with Gasteiger partial charge in [0.05, 0.1) is 0 Å². The van der Waals surface area contributed by atoms with Crippen molar-refractivity contribution >= 4 is 12.1 Å². The first-order valence-electron chi connectivity index (χ1n) is 6.16. The molecule has 0 aromatic rings. The van der Waals surface area contributed by atoms with E-state index in [2.05, 4.69) is 5.32 Å². The molecule has 2 N–H and O–H groups in total. The maximum Gasteiger partial charge on any atom is 0.407 e. The number of ether oxygens (including phenoxy) is 1. The van der Waals surface area contributed by atoms with Gasteiger partial charge in [0.1, 0.15) is 11.6 Å². The second-order valence-corrected chi connectivity index (χ2v) is 5.64. The van der Waals surface area contributed by atoms with Crippen molar-refractivity contribution in [2.45, 2.75) is 51.8 Å². The second kappa shape index (κ2) is 5.56. The minimum Gasteiger partial charge on any atom is -0.465 e. The van der Waals surface area contributed by atoms with E-state index in [4.69, 9.17) is 9.84 Å². The highest BCUT2D eigenvalue weighted by Gasteiger charge is 2.29. The number of nitrogens with one attached hydrogen (secondary N) is 1. The summed E-state index contributed by atoms with van der Waals surface area (Å²) in [7, 11) is 0. The van der Waals surface area contributed by atoms with E-state index in [0.29, 0.717) is 13.1 Å². The molecule has 1 fully saturated rings. The van der Waals surface area contributed by atoms with Crippen LogP contribution in [0.15, 0.2) is 0 Å². The molecular weight excluding hydrogens is 236 g/mol. The van der Waals surface area contributed by atoms with Gasteiger partial charge in [-0.05, 0) is 34.1 Å². The Bertz CT molecular complexity index is 325. The summed E-state index contributed by atoms with van der Waals surface area (Å²) in [5, 5.41) is 11.9. The fourth-order valence-electron chi connectivity index (χ4n) is 1.88. The fraction of sp³-hybridized carbons (Fsp3) is 0.833. The number of amides is 1. The molecule has 1 heterocycles. The van der Waals surface area contributed by atoms with Crippen LogP contribution in [0, 0.1) is 0 Å². The molecule has 1 aliphatic rings. The SMILES string of the molecule is CC(NC1CCN(C(=O)O)C1)C(=O)OC(C)(C)C. The van der Waals surface area contributed by atoms with Crippen molar-refractivity contribution in [2.75, 3.05) is 13.1 Å². The number of carboxylic acid groups (broad SMARTS) is 1. The normalized spacial score (nSPS) is 21.8. The van der Waals surface area contributed by atoms with Crippen LogP contribution in [0.3, 0.4) is 0 Å². The zero-order valence-corrected chi connectivity index (χ0v) is 11.4. The number of carbonyl (C=O) groups excluding carboxylic acids is 1. The number of carbonyl (C=O) groups is 2. The Kier molecular flexibility index (Phi) is 4.56.